The highest BCUT2D eigenvalue weighted by atomic mass is 16.5. The number of azide groups is 1. The smallest absolute Gasteiger partial charge is 0.340 e. The summed E-state index contributed by atoms with van der Waals surface area (Å²) in [6.45, 7) is 10.4. The van der Waals surface area contributed by atoms with Crippen LogP contribution in [0.3, 0.4) is 0 Å². The van der Waals surface area contributed by atoms with E-state index >= 15 is 0 Å². The molecule has 5 nitrogen and oxygen atoms in total. The Hall–Kier alpha value is -1.74. The van der Waals surface area contributed by atoms with Crippen LogP contribution < -0.4 is 0 Å². The fourth-order valence-corrected chi connectivity index (χ4v) is 2.28. The molecule has 0 aromatic heterocycles. The van der Waals surface area contributed by atoms with Gasteiger partial charge >= 0.3 is 5.97 Å². The van der Waals surface area contributed by atoms with Crippen LogP contribution >= 0.6 is 0 Å². The van der Waals surface area contributed by atoms with E-state index in [2.05, 4.69) is 43.8 Å². The number of esters is 1. The zero-order valence-corrected chi connectivity index (χ0v) is 12.2. The third-order valence-corrected chi connectivity index (χ3v) is 3.48. The number of rotatable bonds is 5. The van der Waals surface area contributed by atoms with Gasteiger partial charge in [-0.2, -0.15) is 0 Å². The molecular formula is C14H21N3O2. The SMILES string of the molecule is CCOC(=O)/C(=C/[C@@H]1[C@H](C=C(C)C)C1(C)C)N=[N+]=[N-]. The van der Waals surface area contributed by atoms with Crippen molar-refractivity contribution in [3.05, 3.63) is 33.9 Å². The fraction of sp³-hybridized carbons (Fsp3) is 0.643. The molecule has 0 heterocycles. The minimum atomic E-state index is -0.557. The van der Waals surface area contributed by atoms with Gasteiger partial charge in [-0.1, -0.05) is 36.7 Å². The lowest BCUT2D eigenvalue weighted by Gasteiger charge is -2.02. The normalized spacial score (nSPS) is 24.2. The molecule has 1 rings (SSSR count). The van der Waals surface area contributed by atoms with Gasteiger partial charge in [-0.3, -0.25) is 0 Å². The van der Waals surface area contributed by atoms with Gasteiger partial charge in [0, 0.05) is 4.91 Å². The van der Waals surface area contributed by atoms with Crippen molar-refractivity contribution < 1.29 is 9.53 Å². The van der Waals surface area contributed by atoms with Crippen LogP contribution in [0.1, 0.15) is 34.6 Å². The first-order valence-electron chi connectivity index (χ1n) is 6.43. The van der Waals surface area contributed by atoms with Crippen LogP contribution in [0.5, 0.6) is 0 Å². The number of nitrogens with zero attached hydrogens (tertiary/aromatic N) is 3. The summed E-state index contributed by atoms with van der Waals surface area (Å²) in [5.74, 6) is 0.0158. The van der Waals surface area contributed by atoms with Crippen LogP contribution in [0.15, 0.2) is 28.5 Å². The molecular weight excluding hydrogens is 242 g/mol. The van der Waals surface area contributed by atoms with Crippen LogP contribution in [0.4, 0.5) is 0 Å². The van der Waals surface area contributed by atoms with Gasteiger partial charge in [0.2, 0.25) is 0 Å². The third kappa shape index (κ3) is 3.61. The van der Waals surface area contributed by atoms with Crippen molar-refractivity contribution >= 4 is 5.97 Å². The molecule has 0 unspecified atom stereocenters. The van der Waals surface area contributed by atoms with Crippen molar-refractivity contribution in [2.45, 2.75) is 34.6 Å². The molecule has 1 fully saturated rings. The fourth-order valence-electron chi connectivity index (χ4n) is 2.28. The summed E-state index contributed by atoms with van der Waals surface area (Å²) in [7, 11) is 0. The van der Waals surface area contributed by atoms with Crippen molar-refractivity contribution in [3.8, 4) is 0 Å². The number of hydrogen-bond acceptors (Lipinski definition) is 3. The van der Waals surface area contributed by atoms with Gasteiger partial charge in [0.15, 0.2) is 0 Å². The average molecular weight is 263 g/mol. The van der Waals surface area contributed by atoms with Crippen LogP contribution in [0.25, 0.3) is 10.4 Å². The van der Waals surface area contributed by atoms with Crippen molar-refractivity contribution in [2.24, 2.45) is 22.4 Å². The number of allylic oxidation sites excluding steroid dienone is 3. The lowest BCUT2D eigenvalue weighted by atomic mass is 10.1. The van der Waals surface area contributed by atoms with E-state index in [0.29, 0.717) is 5.92 Å². The summed E-state index contributed by atoms with van der Waals surface area (Å²) in [6.07, 6.45) is 3.93. The molecule has 1 aliphatic carbocycles. The molecule has 0 saturated heterocycles. The summed E-state index contributed by atoms with van der Waals surface area (Å²) in [4.78, 5) is 14.4. The largest absolute Gasteiger partial charge is 0.462 e. The number of carbonyl (C=O) groups excluding carboxylic acids is 1. The van der Waals surface area contributed by atoms with E-state index in [1.807, 2.05) is 0 Å². The van der Waals surface area contributed by atoms with Gasteiger partial charge in [0.05, 0.1) is 6.61 Å². The molecule has 0 aromatic carbocycles. The Balaban J connectivity index is 2.95. The molecule has 1 saturated carbocycles. The first-order valence-corrected chi connectivity index (χ1v) is 6.43. The summed E-state index contributed by atoms with van der Waals surface area (Å²) < 4.78 is 4.88. The number of hydrogen-bond donors (Lipinski definition) is 0. The molecule has 104 valence electrons. The number of ether oxygens (including phenoxy) is 1. The maximum Gasteiger partial charge on any atom is 0.340 e. The van der Waals surface area contributed by atoms with E-state index in [4.69, 9.17) is 10.3 Å². The van der Waals surface area contributed by atoms with Crippen molar-refractivity contribution in [1.29, 1.82) is 0 Å². The van der Waals surface area contributed by atoms with Gasteiger partial charge in [-0.15, -0.1) is 0 Å². The maximum absolute atomic E-state index is 11.7. The number of carbonyl (C=O) groups is 1. The summed E-state index contributed by atoms with van der Waals surface area (Å²) >= 11 is 0. The summed E-state index contributed by atoms with van der Waals surface area (Å²) in [5, 5.41) is 3.45. The van der Waals surface area contributed by atoms with Gasteiger partial charge in [0.1, 0.15) is 5.70 Å². The highest BCUT2D eigenvalue weighted by molar-refractivity contribution is 5.88. The molecule has 19 heavy (non-hydrogen) atoms. The molecule has 0 bridgehead atoms. The predicted octanol–water partition coefficient (Wildman–Crippen LogP) is 3.98. The molecule has 0 spiro atoms. The lowest BCUT2D eigenvalue weighted by molar-refractivity contribution is -0.138. The summed E-state index contributed by atoms with van der Waals surface area (Å²) in [5.41, 5.74) is 9.92. The van der Waals surface area contributed by atoms with E-state index in [1.165, 1.54) is 5.57 Å². The minimum absolute atomic E-state index is 0.0621. The van der Waals surface area contributed by atoms with Crippen molar-refractivity contribution in [1.82, 2.24) is 0 Å². The van der Waals surface area contributed by atoms with Crippen LogP contribution in [-0.2, 0) is 9.53 Å². The quantitative estimate of drug-likeness (QED) is 0.188. The molecule has 0 amide bonds. The zero-order chi connectivity index (χ0) is 14.6. The first kappa shape index (κ1) is 15.3. The van der Waals surface area contributed by atoms with Crippen LogP contribution in [-0.4, -0.2) is 12.6 Å². The molecule has 1 aliphatic rings. The Kier molecular flexibility index (Phi) is 4.78. The Labute approximate surface area is 114 Å². The topological polar surface area (TPSA) is 75.1 Å². The van der Waals surface area contributed by atoms with E-state index in [-0.39, 0.29) is 23.6 Å². The molecule has 0 aliphatic heterocycles. The average Bonchev–Trinajstić information content (AvgIpc) is 2.79. The van der Waals surface area contributed by atoms with Crippen molar-refractivity contribution in [2.75, 3.05) is 6.61 Å². The van der Waals surface area contributed by atoms with Crippen LogP contribution in [0.2, 0.25) is 0 Å². The van der Waals surface area contributed by atoms with Gasteiger partial charge < -0.3 is 4.74 Å². The second-order valence-corrected chi connectivity index (χ2v) is 5.58. The van der Waals surface area contributed by atoms with E-state index < -0.39 is 5.97 Å². The maximum atomic E-state index is 11.7. The van der Waals surface area contributed by atoms with Gasteiger partial charge in [-0.25, -0.2) is 4.79 Å². The van der Waals surface area contributed by atoms with E-state index in [1.54, 1.807) is 13.0 Å². The molecule has 0 radical (unpaired) electrons. The lowest BCUT2D eigenvalue weighted by Crippen LogP contribution is -2.06. The second kappa shape index (κ2) is 5.93. The Bertz CT molecular complexity index is 467. The highest BCUT2D eigenvalue weighted by Gasteiger charge is 2.55. The van der Waals surface area contributed by atoms with Gasteiger partial charge in [-0.05, 0) is 43.6 Å². The van der Waals surface area contributed by atoms with Crippen molar-refractivity contribution in [3.63, 3.8) is 0 Å². The minimum Gasteiger partial charge on any atom is -0.462 e. The summed E-state index contributed by atoms with van der Waals surface area (Å²) in [6, 6.07) is 0. The molecule has 5 heteroatoms. The monoisotopic (exact) mass is 263 g/mol. The standard InChI is InChI=1S/C14H21N3O2/c1-6-19-13(18)12(16-17-15)8-11-10(7-9(2)3)14(11,4)5/h7-8,10-11H,6H2,1-5H3/b12-8-/t10-,11+/m0/s1. The third-order valence-electron chi connectivity index (χ3n) is 3.48. The molecule has 0 aromatic rings. The van der Waals surface area contributed by atoms with Crippen LogP contribution in [0, 0.1) is 17.3 Å². The highest BCUT2D eigenvalue weighted by Crippen LogP contribution is 2.60. The Morgan fingerprint density at radius 1 is 1.37 bits per heavy atom. The Morgan fingerprint density at radius 3 is 2.42 bits per heavy atom. The zero-order valence-electron chi connectivity index (χ0n) is 12.2. The van der Waals surface area contributed by atoms with E-state index in [0.717, 1.165) is 0 Å². The first-order chi connectivity index (χ1) is 8.84. The predicted molar refractivity (Wildman–Crippen MR) is 74.1 cm³/mol. The van der Waals surface area contributed by atoms with Gasteiger partial charge in [0.25, 0.3) is 0 Å². The molecule has 2 atom stereocenters. The van der Waals surface area contributed by atoms with E-state index in [9.17, 15) is 4.79 Å². The Morgan fingerprint density at radius 2 is 1.95 bits per heavy atom. The molecule has 0 N–H and O–H groups in total. The second-order valence-electron chi connectivity index (χ2n) is 5.58.